The Hall–Kier alpha value is -3.26. The van der Waals surface area contributed by atoms with Gasteiger partial charge in [-0.3, -0.25) is 14.5 Å². The van der Waals surface area contributed by atoms with Crippen LogP contribution in [0, 0.1) is 19.7 Å². The summed E-state index contributed by atoms with van der Waals surface area (Å²) < 4.78 is 13.5. The first-order chi connectivity index (χ1) is 17.4. The van der Waals surface area contributed by atoms with E-state index >= 15 is 0 Å². The molecule has 0 unspecified atom stereocenters. The van der Waals surface area contributed by atoms with E-state index in [-0.39, 0.29) is 23.5 Å². The van der Waals surface area contributed by atoms with Crippen molar-refractivity contribution in [2.75, 3.05) is 31.5 Å². The van der Waals surface area contributed by atoms with Gasteiger partial charge in [0, 0.05) is 43.7 Å². The molecule has 0 atom stereocenters. The Kier molecular flexibility index (Phi) is 7.05. The first kappa shape index (κ1) is 24.4. The van der Waals surface area contributed by atoms with Crippen molar-refractivity contribution in [3.05, 3.63) is 59.2 Å². The van der Waals surface area contributed by atoms with Gasteiger partial charge in [0.1, 0.15) is 11.6 Å². The Morgan fingerprint density at radius 1 is 1.11 bits per heavy atom. The fourth-order valence-corrected chi connectivity index (χ4v) is 5.07. The number of imidazole rings is 1. The van der Waals surface area contributed by atoms with E-state index in [1.165, 1.54) is 12.1 Å². The first-order valence-electron chi connectivity index (χ1n) is 12.9. The number of anilines is 1. The molecule has 2 aromatic carbocycles. The lowest BCUT2D eigenvalue weighted by Crippen LogP contribution is -2.41. The molecule has 1 aromatic heterocycles. The number of halogens is 1. The second-order valence-corrected chi connectivity index (χ2v) is 10.3. The Morgan fingerprint density at radius 3 is 2.64 bits per heavy atom. The van der Waals surface area contributed by atoms with Crippen LogP contribution in [-0.4, -0.2) is 63.8 Å². The minimum Gasteiger partial charge on any atom is -0.343 e. The Morgan fingerprint density at radius 2 is 1.89 bits per heavy atom. The van der Waals surface area contributed by atoms with Crippen LogP contribution in [0.4, 0.5) is 10.1 Å². The fraction of sp³-hybridized carbons (Fsp3) is 0.464. The van der Waals surface area contributed by atoms with Gasteiger partial charge in [-0.2, -0.15) is 0 Å². The SMILES string of the molecule is Cc1ccc(C)c(NC(=O)CN(CCC(=O)N2CCC(c3nc4ccc(F)cc4[nH]3)CC2)C2CC2)c1. The average molecular weight is 492 g/mol. The van der Waals surface area contributed by atoms with E-state index in [2.05, 4.69) is 20.2 Å². The molecule has 1 aliphatic heterocycles. The summed E-state index contributed by atoms with van der Waals surface area (Å²) in [7, 11) is 0. The van der Waals surface area contributed by atoms with Crippen molar-refractivity contribution in [2.45, 2.75) is 57.9 Å². The van der Waals surface area contributed by atoms with E-state index < -0.39 is 0 Å². The van der Waals surface area contributed by atoms with Gasteiger partial charge >= 0.3 is 0 Å². The van der Waals surface area contributed by atoms with Crippen molar-refractivity contribution in [3.63, 3.8) is 0 Å². The maximum absolute atomic E-state index is 13.5. The molecule has 36 heavy (non-hydrogen) atoms. The van der Waals surface area contributed by atoms with E-state index in [4.69, 9.17) is 0 Å². The third-order valence-corrected chi connectivity index (χ3v) is 7.39. The summed E-state index contributed by atoms with van der Waals surface area (Å²) in [5, 5.41) is 3.04. The smallest absolute Gasteiger partial charge is 0.238 e. The van der Waals surface area contributed by atoms with Gasteiger partial charge in [0.05, 0.1) is 17.6 Å². The van der Waals surface area contributed by atoms with Gasteiger partial charge in [-0.05, 0) is 74.9 Å². The number of hydrogen-bond donors (Lipinski definition) is 2. The molecule has 2 fully saturated rings. The van der Waals surface area contributed by atoms with Crippen LogP contribution < -0.4 is 5.32 Å². The number of piperidine rings is 1. The molecule has 1 aliphatic carbocycles. The van der Waals surface area contributed by atoms with Crippen molar-refractivity contribution >= 4 is 28.5 Å². The minimum absolute atomic E-state index is 0.0328. The van der Waals surface area contributed by atoms with E-state index in [1.807, 2.05) is 36.9 Å². The number of H-pyrrole nitrogens is 1. The molecule has 2 N–H and O–H groups in total. The molecule has 0 bridgehead atoms. The number of aromatic nitrogens is 2. The molecule has 5 rings (SSSR count). The van der Waals surface area contributed by atoms with Gasteiger partial charge in [-0.15, -0.1) is 0 Å². The van der Waals surface area contributed by atoms with Gasteiger partial charge in [0.15, 0.2) is 0 Å². The van der Waals surface area contributed by atoms with Crippen molar-refractivity contribution in [3.8, 4) is 0 Å². The number of carbonyl (C=O) groups excluding carboxylic acids is 2. The highest BCUT2D eigenvalue weighted by Gasteiger charge is 2.32. The topological polar surface area (TPSA) is 81.3 Å². The zero-order chi connectivity index (χ0) is 25.2. The highest BCUT2D eigenvalue weighted by Crippen LogP contribution is 2.29. The van der Waals surface area contributed by atoms with Gasteiger partial charge in [-0.25, -0.2) is 9.37 Å². The molecule has 8 heteroatoms. The van der Waals surface area contributed by atoms with Gasteiger partial charge in [-0.1, -0.05) is 12.1 Å². The monoisotopic (exact) mass is 491 g/mol. The van der Waals surface area contributed by atoms with E-state index in [9.17, 15) is 14.0 Å². The number of aryl methyl sites for hydroxylation is 2. The summed E-state index contributed by atoms with van der Waals surface area (Å²) >= 11 is 0. The van der Waals surface area contributed by atoms with Gasteiger partial charge in [0.2, 0.25) is 11.8 Å². The van der Waals surface area contributed by atoms with Crippen molar-refractivity contribution in [2.24, 2.45) is 0 Å². The molecule has 0 radical (unpaired) electrons. The fourth-order valence-electron chi connectivity index (χ4n) is 5.07. The molecule has 2 heterocycles. The average Bonchev–Trinajstić information content (AvgIpc) is 3.62. The largest absolute Gasteiger partial charge is 0.343 e. The second kappa shape index (κ2) is 10.4. The number of carbonyl (C=O) groups is 2. The summed E-state index contributed by atoms with van der Waals surface area (Å²) in [6.07, 6.45) is 4.24. The lowest BCUT2D eigenvalue weighted by Gasteiger charge is -2.32. The molecule has 7 nitrogen and oxygen atoms in total. The molecule has 2 aliphatic rings. The van der Waals surface area contributed by atoms with Crippen LogP contribution in [0.25, 0.3) is 11.0 Å². The van der Waals surface area contributed by atoms with Gasteiger partial charge in [0.25, 0.3) is 0 Å². The zero-order valence-electron chi connectivity index (χ0n) is 21.0. The lowest BCUT2D eigenvalue weighted by atomic mass is 9.96. The highest BCUT2D eigenvalue weighted by molar-refractivity contribution is 5.93. The third kappa shape index (κ3) is 5.75. The number of aromatic amines is 1. The van der Waals surface area contributed by atoms with Crippen molar-refractivity contribution in [1.29, 1.82) is 0 Å². The highest BCUT2D eigenvalue weighted by atomic mass is 19.1. The van der Waals surface area contributed by atoms with Crippen LogP contribution in [0.3, 0.4) is 0 Å². The predicted molar refractivity (Wildman–Crippen MR) is 138 cm³/mol. The molecular formula is C28H34FN5O2. The summed E-state index contributed by atoms with van der Waals surface area (Å²) in [5.41, 5.74) is 4.49. The van der Waals surface area contributed by atoms with Crippen LogP contribution in [0.5, 0.6) is 0 Å². The summed E-state index contributed by atoms with van der Waals surface area (Å²) in [6, 6.07) is 11.0. The molecule has 1 saturated heterocycles. The number of nitrogens with one attached hydrogen (secondary N) is 2. The van der Waals surface area contributed by atoms with Crippen LogP contribution >= 0.6 is 0 Å². The zero-order valence-corrected chi connectivity index (χ0v) is 21.0. The predicted octanol–water partition coefficient (Wildman–Crippen LogP) is 4.52. The number of amides is 2. The standard InChI is InChI=1S/C28H34FN5O2/c1-18-3-4-19(2)24(15-18)30-26(35)17-34(22-6-7-22)14-11-27(36)33-12-9-20(10-13-33)28-31-23-8-5-21(29)16-25(23)32-28/h3-5,8,15-16,20,22H,6-7,9-14,17H2,1-2H3,(H,30,35)(H,31,32). The summed E-state index contributed by atoms with van der Waals surface area (Å²) in [5.74, 6) is 0.940. The second-order valence-electron chi connectivity index (χ2n) is 10.3. The lowest BCUT2D eigenvalue weighted by molar-refractivity contribution is -0.133. The van der Waals surface area contributed by atoms with Gasteiger partial charge < -0.3 is 15.2 Å². The normalized spacial score (nSPS) is 16.6. The number of hydrogen-bond acceptors (Lipinski definition) is 4. The first-order valence-corrected chi connectivity index (χ1v) is 12.9. The minimum atomic E-state index is -0.277. The molecule has 2 amide bonds. The quantitative estimate of drug-likeness (QED) is 0.486. The van der Waals surface area contributed by atoms with Crippen LogP contribution in [0.2, 0.25) is 0 Å². The van der Waals surface area contributed by atoms with Crippen LogP contribution in [0.15, 0.2) is 36.4 Å². The van der Waals surface area contributed by atoms with Crippen molar-refractivity contribution in [1.82, 2.24) is 19.8 Å². The number of benzene rings is 2. The number of nitrogens with zero attached hydrogens (tertiary/aromatic N) is 3. The Bertz CT molecular complexity index is 1260. The number of rotatable bonds is 8. The summed E-state index contributed by atoms with van der Waals surface area (Å²) in [4.78, 5) is 37.7. The molecular weight excluding hydrogens is 457 g/mol. The molecule has 0 spiro atoms. The summed E-state index contributed by atoms with van der Waals surface area (Å²) in [6.45, 7) is 6.27. The molecule has 1 saturated carbocycles. The number of fused-ring (bicyclic) bond motifs is 1. The van der Waals surface area contributed by atoms with E-state index in [1.54, 1.807) is 6.07 Å². The maximum Gasteiger partial charge on any atom is 0.238 e. The Labute approximate surface area is 211 Å². The Balaban J connectivity index is 1.11. The van der Waals surface area contributed by atoms with E-state index in [0.717, 1.165) is 53.8 Å². The third-order valence-electron chi connectivity index (χ3n) is 7.39. The number of likely N-dealkylation sites (tertiary alicyclic amines) is 1. The van der Waals surface area contributed by atoms with Crippen molar-refractivity contribution < 1.29 is 14.0 Å². The van der Waals surface area contributed by atoms with E-state index in [0.29, 0.717) is 44.2 Å². The maximum atomic E-state index is 13.5. The molecule has 3 aromatic rings. The van der Waals surface area contributed by atoms with Crippen LogP contribution in [-0.2, 0) is 9.59 Å². The van der Waals surface area contributed by atoms with Crippen LogP contribution in [0.1, 0.15) is 55.0 Å². The molecule has 190 valence electrons.